The van der Waals surface area contributed by atoms with Crippen LogP contribution in [0.1, 0.15) is 85.3 Å². The summed E-state index contributed by atoms with van der Waals surface area (Å²) in [7, 11) is -1.57. The highest BCUT2D eigenvalue weighted by Crippen LogP contribution is 2.55. The van der Waals surface area contributed by atoms with E-state index in [9.17, 15) is 13.2 Å². The molecule has 1 spiro atoms. The molecule has 1 saturated heterocycles. The van der Waals surface area contributed by atoms with Crippen LogP contribution in [0.15, 0.2) is 102 Å². The molecule has 3 aliphatic carbocycles. The van der Waals surface area contributed by atoms with Gasteiger partial charge >= 0.3 is 0 Å². The van der Waals surface area contributed by atoms with E-state index in [2.05, 4.69) is 34.7 Å². The molecule has 3 saturated carbocycles. The number of allylic oxidation sites excluding steroid dienone is 1. The molecule has 242 valence electrons. The van der Waals surface area contributed by atoms with Gasteiger partial charge in [0.15, 0.2) is 21.4 Å². The summed E-state index contributed by atoms with van der Waals surface area (Å²) in [6.45, 7) is 0. The van der Waals surface area contributed by atoms with Crippen LogP contribution in [-0.2, 0) is 31.2 Å². The van der Waals surface area contributed by atoms with E-state index in [1.54, 1.807) is 36.1 Å². The van der Waals surface area contributed by atoms with Crippen LogP contribution in [0.2, 0.25) is 0 Å². The third kappa shape index (κ3) is 6.08. The van der Waals surface area contributed by atoms with E-state index < -0.39 is 15.6 Å². The van der Waals surface area contributed by atoms with Gasteiger partial charge in [-0.2, -0.15) is 5.10 Å². The molecule has 1 amide bonds. The van der Waals surface area contributed by atoms with Gasteiger partial charge in [-0.25, -0.2) is 8.42 Å². The quantitative estimate of drug-likeness (QED) is 0.191. The van der Waals surface area contributed by atoms with E-state index in [1.165, 1.54) is 0 Å². The Hall–Kier alpha value is -4.05. The molecule has 0 unspecified atom stereocenters. The van der Waals surface area contributed by atoms with Crippen molar-refractivity contribution in [2.75, 3.05) is 5.32 Å². The lowest BCUT2D eigenvalue weighted by atomic mass is 9.95. The number of aromatic nitrogens is 2. The van der Waals surface area contributed by atoms with Crippen LogP contribution in [-0.4, -0.2) is 35.1 Å². The maximum atomic E-state index is 14.0. The smallest absolute Gasteiger partial charge is 0.257 e. The highest BCUT2D eigenvalue weighted by Gasteiger charge is 2.52. The normalized spacial score (nSPS) is 24.1. The zero-order chi connectivity index (χ0) is 32.2. The largest absolute Gasteiger partial charge is 0.339 e. The number of ether oxygens (including phenoxy) is 2. The molecule has 2 heterocycles. The second-order valence-corrected chi connectivity index (χ2v) is 15.7. The van der Waals surface area contributed by atoms with Crippen molar-refractivity contribution in [1.29, 1.82) is 0 Å². The fourth-order valence-corrected chi connectivity index (χ4v) is 9.13. The summed E-state index contributed by atoms with van der Waals surface area (Å²) in [6.07, 6.45) is 8.74. The van der Waals surface area contributed by atoms with E-state index in [1.807, 2.05) is 48.5 Å². The number of anilines is 1. The van der Waals surface area contributed by atoms with Crippen LogP contribution in [0.5, 0.6) is 0 Å². The molecule has 4 aliphatic rings. The third-order valence-corrected chi connectivity index (χ3v) is 12.2. The first-order chi connectivity index (χ1) is 22.8. The number of hydrogen-bond acceptors (Lipinski definition) is 6. The molecule has 9 heteroatoms. The SMILES string of the molecule is Cn1ccc(NC(=O)/C(=C/[C@H]2CCC3(C2)O[C@H](c2ccccc2)[C@@H](c2ccccc2)O3)c2ccc(S(=O)(=O)C3CC3)c(C3CC3)c2)n1. The van der Waals surface area contributed by atoms with Crippen LogP contribution >= 0.6 is 0 Å². The lowest BCUT2D eigenvalue weighted by molar-refractivity contribution is -0.172. The average Bonchev–Trinajstić information content (AvgIpc) is 4.02. The Kier molecular flexibility index (Phi) is 7.66. The number of amides is 1. The van der Waals surface area contributed by atoms with Crippen molar-refractivity contribution in [3.63, 3.8) is 0 Å². The molecule has 1 aliphatic heterocycles. The molecule has 47 heavy (non-hydrogen) atoms. The Bertz CT molecular complexity index is 1880. The monoisotopic (exact) mass is 649 g/mol. The summed E-state index contributed by atoms with van der Waals surface area (Å²) in [5, 5.41) is 7.04. The van der Waals surface area contributed by atoms with E-state index in [4.69, 9.17) is 9.47 Å². The van der Waals surface area contributed by atoms with Gasteiger partial charge in [0, 0.05) is 37.7 Å². The summed E-state index contributed by atoms with van der Waals surface area (Å²) in [6, 6.07) is 27.7. The first kappa shape index (κ1) is 30.3. The van der Waals surface area contributed by atoms with Crippen molar-refractivity contribution in [2.45, 2.75) is 79.0 Å². The lowest BCUT2D eigenvalue weighted by Crippen LogP contribution is -2.26. The molecule has 0 bridgehead atoms. The number of rotatable bonds is 9. The first-order valence-electron chi connectivity index (χ1n) is 16.6. The van der Waals surface area contributed by atoms with E-state index in [0.29, 0.717) is 34.7 Å². The second kappa shape index (κ2) is 11.9. The van der Waals surface area contributed by atoms with Crippen molar-refractivity contribution in [3.05, 3.63) is 119 Å². The molecule has 4 aromatic rings. The van der Waals surface area contributed by atoms with Gasteiger partial charge in [-0.1, -0.05) is 72.8 Å². The molecular formula is C38H39N3O5S. The van der Waals surface area contributed by atoms with Crippen LogP contribution in [0, 0.1) is 5.92 Å². The van der Waals surface area contributed by atoms with E-state index in [-0.39, 0.29) is 35.2 Å². The molecule has 1 aromatic heterocycles. The first-order valence-corrected chi connectivity index (χ1v) is 18.2. The van der Waals surface area contributed by atoms with Crippen LogP contribution in [0.25, 0.3) is 5.57 Å². The van der Waals surface area contributed by atoms with Gasteiger partial charge in [-0.15, -0.1) is 0 Å². The van der Waals surface area contributed by atoms with Crippen molar-refractivity contribution < 1.29 is 22.7 Å². The number of nitrogens with one attached hydrogen (secondary N) is 1. The molecule has 8 rings (SSSR count). The minimum atomic E-state index is -3.37. The van der Waals surface area contributed by atoms with Gasteiger partial charge in [0.2, 0.25) is 0 Å². The third-order valence-electron chi connectivity index (χ3n) is 9.89. The van der Waals surface area contributed by atoms with Crippen molar-refractivity contribution in [3.8, 4) is 0 Å². The second-order valence-electron chi connectivity index (χ2n) is 13.5. The lowest BCUT2D eigenvalue weighted by Gasteiger charge is -2.23. The molecule has 1 N–H and O–H groups in total. The molecule has 0 radical (unpaired) electrons. The van der Waals surface area contributed by atoms with Gasteiger partial charge in [0.05, 0.1) is 10.1 Å². The number of carbonyl (C=O) groups excluding carboxylic acids is 1. The summed E-state index contributed by atoms with van der Waals surface area (Å²) in [4.78, 5) is 14.4. The van der Waals surface area contributed by atoms with Gasteiger partial charge in [-0.3, -0.25) is 9.48 Å². The minimum Gasteiger partial charge on any atom is -0.339 e. The Morgan fingerprint density at radius 1 is 0.894 bits per heavy atom. The fraction of sp³-hybridized carbons (Fsp3) is 0.368. The Morgan fingerprint density at radius 3 is 2.13 bits per heavy atom. The van der Waals surface area contributed by atoms with Crippen LogP contribution in [0.4, 0.5) is 5.82 Å². The summed E-state index contributed by atoms with van der Waals surface area (Å²) >= 11 is 0. The van der Waals surface area contributed by atoms with Crippen molar-refractivity contribution >= 4 is 27.1 Å². The molecule has 3 aromatic carbocycles. The Balaban J connectivity index is 1.13. The fourth-order valence-electron chi connectivity index (χ4n) is 7.20. The van der Waals surface area contributed by atoms with E-state index >= 15 is 0 Å². The predicted molar refractivity (Wildman–Crippen MR) is 179 cm³/mol. The number of sulfone groups is 1. The van der Waals surface area contributed by atoms with Crippen LogP contribution < -0.4 is 5.32 Å². The maximum absolute atomic E-state index is 14.0. The number of nitrogens with zero attached hydrogens (tertiary/aromatic N) is 2. The number of hydrogen-bond donors (Lipinski definition) is 1. The topological polar surface area (TPSA) is 99.5 Å². The van der Waals surface area contributed by atoms with Gasteiger partial charge in [0.25, 0.3) is 5.91 Å². The number of benzene rings is 3. The van der Waals surface area contributed by atoms with Gasteiger partial charge < -0.3 is 14.8 Å². The Labute approximate surface area is 275 Å². The zero-order valence-electron chi connectivity index (χ0n) is 26.4. The van der Waals surface area contributed by atoms with Crippen molar-refractivity contribution in [2.24, 2.45) is 13.0 Å². The molecular weight excluding hydrogens is 611 g/mol. The Morgan fingerprint density at radius 2 is 1.55 bits per heavy atom. The van der Waals surface area contributed by atoms with Crippen molar-refractivity contribution in [1.82, 2.24) is 9.78 Å². The average molecular weight is 650 g/mol. The number of aryl methyl sites for hydroxylation is 1. The standard InChI is InChI=1S/C38H39N3O5S/c1-41-21-19-34(40-41)39-37(42)32(29-14-17-33(31(23-29)26-12-13-26)47(43,44)30-15-16-30)22-25-18-20-38(24-25)45-35(27-8-4-2-5-9-27)36(46-38)28-10-6-3-7-11-28/h2-11,14,17,19,21-23,25-26,30,35-36H,12-13,15-16,18,20,24H2,1H3,(H,39,40,42)/b32-22+/t25-,35-,36-/m1/s1. The van der Waals surface area contributed by atoms with E-state index in [0.717, 1.165) is 48.8 Å². The van der Waals surface area contributed by atoms with Crippen LogP contribution in [0.3, 0.4) is 0 Å². The van der Waals surface area contributed by atoms with Gasteiger partial charge in [0.1, 0.15) is 12.2 Å². The highest BCUT2D eigenvalue weighted by molar-refractivity contribution is 7.92. The summed E-state index contributed by atoms with van der Waals surface area (Å²) < 4.78 is 42.0. The maximum Gasteiger partial charge on any atom is 0.257 e. The molecule has 8 nitrogen and oxygen atoms in total. The molecule has 4 fully saturated rings. The molecule has 3 atom stereocenters. The zero-order valence-corrected chi connectivity index (χ0v) is 27.2. The number of carbonyl (C=O) groups is 1. The summed E-state index contributed by atoms with van der Waals surface area (Å²) in [5.74, 6) is -0.392. The van der Waals surface area contributed by atoms with Gasteiger partial charge in [-0.05, 0) is 78.3 Å². The highest BCUT2D eigenvalue weighted by atomic mass is 32.2. The predicted octanol–water partition coefficient (Wildman–Crippen LogP) is 7.28. The minimum absolute atomic E-state index is 0.00433. The summed E-state index contributed by atoms with van der Waals surface area (Å²) in [5.41, 5.74) is 4.21.